The summed E-state index contributed by atoms with van der Waals surface area (Å²) in [4.78, 5) is 0. The number of hydrogen-bond acceptors (Lipinski definition) is 0. The molecule has 0 N–H and O–H groups in total. The lowest BCUT2D eigenvalue weighted by Crippen LogP contribution is -2.15. The van der Waals surface area contributed by atoms with Gasteiger partial charge in [0.1, 0.15) is 0 Å². The highest BCUT2D eigenvalue weighted by Gasteiger charge is 2.34. The fraction of sp³-hybridized carbons (Fsp3) is 0.0769. The zero-order valence-corrected chi connectivity index (χ0v) is 11.8. The molecule has 17 heavy (non-hydrogen) atoms. The van der Waals surface area contributed by atoms with Gasteiger partial charge in [-0.2, -0.15) is 8.78 Å². The van der Waals surface area contributed by atoms with E-state index in [0.29, 0.717) is 8.95 Å². The van der Waals surface area contributed by atoms with E-state index in [-0.39, 0.29) is 11.1 Å². The summed E-state index contributed by atoms with van der Waals surface area (Å²) in [5, 5.41) is 0. The van der Waals surface area contributed by atoms with Crippen molar-refractivity contribution in [2.75, 3.05) is 0 Å². The molecule has 0 amide bonds. The Morgan fingerprint density at radius 1 is 0.765 bits per heavy atom. The molecule has 0 fully saturated rings. The molecule has 2 aromatic rings. The number of benzene rings is 2. The van der Waals surface area contributed by atoms with Gasteiger partial charge in [-0.05, 0) is 24.3 Å². The minimum Gasteiger partial charge on any atom is -0.196 e. The predicted molar refractivity (Wildman–Crippen MR) is 71.3 cm³/mol. The highest BCUT2D eigenvalue weighted by Crippen LogP contribution is 2.37. The van der Waals surface area contributed by atoms with E-state index in [2.05, 4.69) is 31.9 Å². The second kappa shape index (κ2) is 4.86. The summed E-state index contributed by atoms with van der Waals surface area (Å²) in [6.45, 7) is 0. The van der Waals surface area contributed by atoms with Crippen molar-refractivity contribution in [2.24, 2.45) is 0 Å². The van der Waals surface area contributed by atoms with Crippen LogP contribution in [0.15, 0.2) is 57.5 Å². The minimum absolute atomic E-state index is 0.0232. The van der Waals surface area contributed by atoms with Crippen LogP contribution in [-0.4, -0.2) is 0 Å². The van der Waals surface area contributed by atoms with Crippen LogP contribution in [0.4, 0.5) is 8.78 Å². The van der Waals surface area contributed by atoms with Crippen LogP contribution in [0, 0.1) is 0 Å². The lowest BCUT2D eigenvalue weighted by molar-refractivity contribution is 0.0427. The number of halogens is 4. The Kier molecular flexibility index (Phi) is 3.64. The van der Waals surface area contributed by atoms with Gasteiger partial charge in [0.05, 0.1) is 0 Å². The molecule has 2 rings (SSSR count). The number of hydrogen-bond donors (Lipinski definition) is 0. The lowest BCUT2D eigenvalue weighted by atomic mass is 10.0. The normalized spacial score (nSPS) is 11.5. The first-order valence-electron chi connectivity index (χ1n) is 4.90. The second-order valence-electron chi connectivity index (χ2n) is 3.60. The van der Waals surface area contributed by atoms with E-state index in [1.54, 1.807) is 24.3 Å². The Morgan fingerprint density at radius 3 is 1.53 bits per heavy atom. The molecule has 0 aliphatic heterocycles. The molecule has 0 aliphatic carbocycles. The smallest absolute Gasteiger partial charge is 0.196 e. The lowest BCUT2D eigenvalue weighted by Gasteiger charge is -2.17. The molecule has 0 atom stereocenters. The van der Waals surface area contributed by atoms with Crippen molar-refractivity contribution in [2.45, 2.75) is 5.92 Å². The van der Waals surface area contributed by atoms with Crippen molar-refractivity contribution < 1.29 is 8.78 Å². The minimum atomic E-state index is -2.99. The van der Waals surface area contributed by atoms with E-state index in [4.69, 9.17) is 0 Å². The molecular formula is C13H8Br2F2. The fourth-order valence-corrected chi connectivity index (χ4v) is 2.33. The second-order valence-corrected chi connectivity index (χ2v) is 5.43. The van der Waals surface area contributed by atoms with Crippen LogP contribution in [0.1, 0.15) is 11.1 Å². The van der Waals surface area contributed by atoms with Gasteiger partial charge in [-0.25, -0.2) is 0 Å². The van der Waals surface area contributed by atoms with E-state index in [1.165, 1.54) is 24.3 Å². The molecule has 0 nitrogen and oxygen atoms in total. The molecule has 0 aromatic heterocycles. The Bertz CT molecular complexity index is 491. The molecule has 2 aromatic carbocycles. The van der Waals surface area contributed by atoms with Gasteiger partial charge in [0.15, 0.2) is 0 Å². The van der Waals surface area contributed by atoms with Crippen molar-refractivity contribution >= 4 is 31.9 Å². The van der Waals surface area contributed by atoms with Crippen LogP contribution in [0.2, 0.25) is 0 Å². The van der Waals surface area contributed by atoms with Crippen LogP contribution < -0.4 is 0 Å². The summed E-state index contributed by atoms with van der Waals surface area (Å²) in [5.74, 6) is -2.99. The monoisotopic (exact) mass is 360 g/mol. The topological polar surface area (TPSA) is 0 Å². The summed E-state index contributed by atoms with van der Waals surface area (Å²) in [6, 6.07) is 12.4. The van der Waals surface area contributed by atoms with Gasteiger partial charge in [-0.15, -0.1) is 0 Å². The molecule has 0 spiro atoms. The first kappa shape index (κ1) is 12.7. The highest BCUT2D eigenvalue weighted by molar-refractivity contribution is 9.10. The first-order chi connectivity index (χ1) is 8.00. The van der Waals surface area contributed by atoms with Crippen LogP contribution in [0.25, 0.3) is 0 Å². The molecule has 0 unspecified atom stereocenters. The van der Waals surface area contributed by atoms with Gasteiger partial charge in [0.25, 0.3) is 5.92 Å². The quantitative estimate of drug-likeness (QED) is 0.676. The van der Waals surface area contributed by atoms with Crippen molar-refractivity contribution in [3.8, 4) is 0 Å². The van der Waals surface area contributed by atoms with Crippen molar-refractivity contribution in [1.29, 1.82) is 0 Å². The van der Waals surface area contributed by atoms with Gasteiger partial charge in [0.2, 0.25) is 0 Å². The van der Waals surface area contributed by atoms with Crippen LogP contribution in [0.3, 0.4) is 0 Å². The predicted octanol–water partition coefficient (Wildman–Crippen LogP) is 5.35. The summed E-state index contributed by atoms with van der Waals surface area (Å²) >= 11 is 6.40. The summed E-state index contributed by atoms with van der Waals surface area (Å²) < 4.78 is 29.7. The van der Waals surface area contributed by atoms with Crippen molar-refractivity contribution in [1.82, 2.24) is 0 Å². The Labute approximate surface area is 115 Å². The Morgan fingerprint density at radius 2 is 1.18 bits per heavy atom. The maximum absolute atomic E-state index is 14.2. The first-order valence-corrected chi connectivity index (χ1v) is 6.48. The molecule has 0 aliphatic rings. The standard InChI is InChI=1S/C13H8Br2F2/c14-11-5-1-3-9(7-11)13(16,17)10-4-2-6-12(15)8-10/h1-8H. The van der Waals surface area contributed by atoms with Gasteiger partial charge in [-0.3, -0.25) is 0 Å². The number of rotatable bonds is 2. The average Bonchev–Trinajstić information content (AvgIpc) is 2.29. The molecule has 0 saturated carbocycles. The highest BCUT2D eigenvalue weighted by atomic mass is 79.9. The van der Waals surface area contributed by atoms with E-state index >= 15 is 0 Å². The third-order valence-corrected chi connectivity index (χ3v) is 3.36. The van der Waals surface area contributed by atoms with Gasteiger partial charge >= 0.3 is 0 Å². The maximum atomic E-state index is 14.2. The molecule has 0 heterocycles. The molecular weight excluding hydrogens is 354 g/mol. The Hall–Kier alpha value is -0.740. The van der Waals surface area contributed by atoms with Gasteiger partial charge < -0.3 is 0 Å². The van der Waals surface area contributed by atoms with E-state index in [9.17, 15) is 8.78 Å². The molecule has 0 bridgehead atoms. The van der Waals surface area contributed by atoms with Crippen LogP contribution >= 0.6 is 31.9 Å². The van der Waals surface area contributed by atoms with Crippen LogP contribution in [-0.2, 0) is 5.92 Å². The maximum Gasteiger partial charge on any atom is 0.298 e. The molecule has 88 valence electrons. The zero-order valence-electron chi connectivity index (χ0n) is 8.63. The molecule has 4 heteroatoms. The van der Waals surface area contributed by atoms with Crippen molar-refractivity contribution in [3.05, 3.63) is 68.6 Å². The zero-order chi connectivity index (χ0) is 12.5. The molecule has 0 radical (unpaired) electrons. The summed E-state index contributed by atoms with van der Waals surface area (Å²) in [6.07, 6.45) is 0. The third kappa shape index (κ3) is 2.75. The van der Waals surface area contributed by atoms with E-state index < -0.39 is 5.92 Å². The SMILES string of the molecule is FC(F)(c1cccc(Br)c1)c1cccc(Br)c1. The van der Waals surface area contributed by atoms with Crippen molar-refractivity contribution in [3.63, 3.8) is 0 Å². The average molecular weight is 362 g/mol. The van der Waals surface area contributed by atoms with E-state index in [0.717, 1.165) is 0 Å². The van der Waals surface area contributed by atoms with Crippen LogP contribution in [0.5, 0.6) is 0 Å². The summed E-state index contributed by atoms with van der Waals surface area (Å²) in [7, 11) is 0. The van der Waals surface area contributed by atoms with E-state index in [1.807, 2.05) is 0 Å². The Balaban J connectivity index is 2.49. The van der Waals surface area contributed by atoms with Gasteiger partial charge in [-0.1, -0.05) is 56.1 Å². The number of alkyl halides is 2. The third-order valence-electron chi connectivity index (χ3n) is 2.37. The fourth-order valence-electron chi connectivity index (χ4n) is 1.53. The molecule has 0 saturated heterocycles. The largest absolute Gasteiger partial charge is 0.298 e. The van der Waals surface area contributed by atoms with Gasteiger partial charge in [0, 0.05) is 20.1 Å². The summed E-state index contributed by atoms with van der Waals surface area (Å²) in [5.41, 5.74) is -0.0463.